The molecule has 2 aromatic rings. The lowest BCUT2D eigenvalue weighted by atomic mass is 10.1. The number of anilines is 2. The van der Waals surface area contributed by atoms with E-state index in [1.165, 1.54) is 4.31 Å². The van der Waals surface area contributed by atoms with Crippen LogP contribution in [-0.2, 0) is 16.4 Å². The zero-order valence-electron chi connectivity index (χ0n) is 10.6. The van der Waals surface area contributed by atoms with Crippen molar-refractivity contribution in [3.8, 4) is 0 Å². The van der Waals surface area contributed by atoms with Gasteiger partial charge in [0.15, 0.2) is 0 Å². The first-order chi connectivity index (χ1) is 9.48. The van der Waals surface area contributed by atoms with Crippen LogP contribution in [0.1, 0.15) is 5.56 Å². The average molecular weight is 353 g/mol. The molecule has 6 heteroatoms. The fourth-order valence-electron chi connectivity index (χ4n) is 2.37. The molecule has 0 saturated carbocycles. The molecule has 0 amide bonds. The molecule has 0 unspecified atom stereocenters. The minimum Gasteiger partial charge on any atom is -0.399 e. The first kappa shape index (κ1) is 13.5. The second-order valence-corrected chi connectivity index (χ2v) is 7.45. The number of rotatable bonds is 2. The van der Waals surface area contributed by atoms with E-state index in [1.54, 1.807) is 36.4 Å². The van der Waals surface area contributed by atoms with Crippen LogP contribution in [-0.4, -0.2) is 15.0 Å². The van der Waals surface area contributed by atoms with Crippen LogP contribution >= 0.6 is 15.9 Å². The zero-order valence-corrected chi connectivity index (χ0v) is 13.0. The molecule has 1 heterocycles. The van der Waals surface area contributed by atoms with Crippen LogP contribution in [0.5, 0.6) is 0 Å². The largest absolute Gasteiger partial charge is 0.399 e. The van der Waals surface area contributed by atoms with Crippen LogP contribution in [0.4, 0.5) is 11.4 Å². The Morgan fingerprint density at radius 1 is 1.10 bits per heavy atom. The highest BCUT2D eigenvalue weighted by Crippen LogP contribution is 2.34. The van der Waals surface area contributed by atoms with E-state index in [1.807, 2.05) is 6.07 Å². The molecule has 0 aliphatic carbocycles. The van der Waals surface area contributed by atoms with Crippen LogP contribution < -0.4 is 10.0 Å². The third-order valence-electron chi connectivity index (χ3n) is 3.36. The Morgan fingerprint density at radius 2 is 1.80 bits per heavy atom. The quantitative estimate of drug-likeness (QED) is 0.845. The smallest absolute Gasteiger partial charge is 0.264 e. The van der Waals surface area contributed by atoms with Crippen molar-refractivity contribution in [3.63, 3.8) is 0 Å². The number of halogens is 1. The number of fused-ring (bicyclic) bond motifs is 1. The Morgan fingerprint density at radius 3 is 2.50 bits per heavy atom. The van der Waals surface area contributed by atoms with E-state index in [0.717, 1.165) is 15.7 Å². The molecule has 0 atom stereocenters. The summed E-state index contributed by atoms with van der Waals surface area (Å²) in [5.74, 6) is 0. The summed E-state index contributed by atoms with van der Waals surface area (Å²) >= 11 is 3.31. The number of nitrogens with two attached hydrogens (primary N) is 1. The molecule has 0 spiro atoms. The second kappa shape index (κ2) is 4.79. The van der Waals surface area contributed by atoms with Gasteiger partial charge in [-0.2, -0.15) is 0 Å². The van der Waals surface area contributed by atoms with Gasteiger partial charge in [0.1, 0.15) is 0 Å². The van der Waals surface area contributed by atoms with Crippen LogP contribution in [0.25, 0.3) is 0 Å². The number of nitrogens with zero attached hydrogens (tertiary/aromatic N) is 1. The third kappa shape index (κ3) is 2.19. The number of benzene rings is 2. The molecule has 0 radical (unpaired) electrons. The van der Waals surface area contributed by atoms with E-state index in [0.29, 0.717) is 23.5 Å². The van der Waals surface area contributed by atoms with E-state index >= 15 is 0 Å². The van der Waals surface area contributed by atoms with E-state index in [2.05, 4.69) is 15.9 Å². The molecule has 2 aromatic carbocycles. The van der Waals surface area contributed by atoms with Gasteiger partial charge in [-0.3, -0.25) is 4.31 Å². The van der Waals surface area contributed by atoms with Gasteiger partial charge in [-0.1, -0.05) is 15.9 Å². The fraction of sp³-hybridized carbons (Fsp3) is 0.143. The summed E-state index contributed by atoms with van der Waals surface area (Å²) in [5.41, 5.74) is 8.10. The molecule has 20 heavy (non-hydrogen) atoms. The molecule has 1 aliphatic heterocycles. The molecular formula is C14H13BrN2O2S. The van der Waals surface area contributed by atoms with Crippen molar-refractivity contribution in [3.05, 3.63) is 52.5 Å². The van der Waals surface area contributed by atoms with Crippen molar-refractivity contribution in [2.45, 2.75) is 11.3 Å². The zero-order chi connectivity index (χ0) is 14.3. The van der Waals surface area contributed by atoms with E-state index in [9.17, 15) is 8.42 Å². The average Bonchev–Trinajstić information content (AvgIpc) is 2.82. The van der Waals surface area contributed by atoms with Gasteiger partial charge >= 0.3 is 0 Å². The maximum atomic E-state index is 12.7. The van der Waals surface area contributed by atoms with Crippen molar-refractivity contribution in [2.75, 3.05) is 16.6 Å². The highest BCUT2D eigenvalue weighted by molar-refractivity contribution is 9.10. The third-order valence-corrected chi connectivity index (χ3v) is 5.71. The van der Waals surface area contributed by atoms with Crippen LogP contribution in [0.15, 0.2) is 51.8 Å². The van der Waals surface area contributed by atoms with Crippen LogP contribution in [0, 0.1) is 0 Å². The SMILES string of the molecule is Nc1ccc2c(c1)CCN2S(=O)(=O)c1ccc(Br)cc1. The highest BCUT2D eigenvalue weighted by Gasteiger charge is 2.30. The van der Waals surface area contributed by atoms with Gasteiger partial charge < -0.3 is 5.73 Å². The van der Waals surface area contributed by atoms with Gasteiger partial charge in [0.2, 0.25) is 0 Å². The Hall–Kier alpha value is -1.53. The molecule has 0 saturated heterocycles. The summed E-state index contributed by atoms with van der Waals surface area (Å²) in [6.45, 7) is 0.456. The lowest BCUT2D eigenvalue weighted by molar-refractivity contribution is 0.592. The van der Waals surface area contributed by atoms with Gasteiger partial charge in [0, 0.05) is 16.7 Å². The Kier molecular flexibility index (Phi) is 3.22. The minimum atomic E-state index is -3.51. The summed E-state index contributed by atoms with van der Waals surface area (Å²) in [7, 11) is -3.51. The van der Waals surface area contributed by atoms with Gasteiger partial charge in [0.25, 0.3) is 10.0 Å². The second-order valence-electron chi connectivity index (χ2n) is 4.67. The summed E-state index contributed by atoms with van der Waals surface area (Å²) < 4.78 is 27.6. The van der Waals surface area contributed by atoms with Gasteiger partial charge in [-0.15, -0.1) is 0 Å². The molecule has 1 aliphatic rings. The monoisotopic (exact) mass is 352 g/mol. The van der Waals surface area contributed by atoms with Crippen molar-refractivity contribution in [2.24, 2.45) is 0 Å². The number of nitrogen functional groups attached to an aromatic ring is 1. The van der Waals surface area contributed by atoms with Crippen molar-refractivity contribution < 1.29 is 8.42 Å². The standard InChI is InChI=1S/C14H13BrN2O2S/c15-11-1-4-13(5-2-11)20(18,19)17-8-7-10-9-12(16)3-6-14(10)17/h1-6,9H,7-8,16H2. The number of hydrogen-bond acceptors (Lipinski definition) is 3. The van der Waals surface area contributed by atoms with E-state index in [-0.39, 0.29) is 0 Å². The topological polar surface area (TPSA) is 63.4 Å². The lowest BCUT2D eigenvalue weighted by Gasteiger charge is -2.19. The van der Waals surface area contributed by atoms with Crippen molar-refractivity contribution >= 4 is 37.3 Å². The maximum absolute atomic E-state index is 12.7. The van der Waals surface area contributed by atoms with Gasteiger partial charge in [-0.05, 0) is 54.4 Å². The summed E-state index contributed by atoms with van der Waals surface area (Å²) in [4.78, 5) is 0.297. The maximum Gasteiger partial charge on any atom is 0.264 e. The number of sulfonamides is 1. The molecule has 104 valence electrons. The minimum absolute atomic E-state index is 0.297. The van der Waals surface area contributed by atoms with Crippen LogP contribution in [0.3, 0.4) is 0 Å². The Labute approximate surface area is 126 Å². The van der Waals surface area contributed by atoms with Crippen LogP contribution in [0.2, 0.25) is 0 Å². The summed E-state index contributed by atoms with van der Waals surface area (Å²) in [5, 5.41) is 0. The Bertz CT molecular complexity index is 757. The normalized spacial score (nSPS) is 14.3. The van der Waals surface area contributed by atoms with Gasteiger partial charge in [-0.25, -0.2) is 8.42 Å². The van der Waals surface area contributed by atoms with Gasteiger partial charge in [0.05, 0.1) is 10.6 Å². The van der Waals surface area contributed by atoms with Crippen molar-refractivity contribution in [1.82, 2.24) is 0 Å². The predicted molar refractivity (Wildman–Crippen MR) is 83.2 cm³/mol. The summed E-state index contributed by atoms with van der Waals surface area (Å²) in [6, 6.07) is 12.0. The first-order valence-corrected chi connectivity index (χ1v) is 8.38. The summed E-state index contributed by atoms with van der Waals surface area (Å²) in [6.07, 6.45) is 0.691. The molecule has 0 fully saturated rings. The van der Waals surface area contributed by atoms with E-state index < -0.39 is 10.0 Å². The molecule has 3 rings (SSSR count). The number of hydrogen-bond donors (Lipinski definition) is 1. The highest BCUT2D eigenvalue weighted by atomic mass is 79.9. The molecule has 0 aromatic heterocycles. The van der Waals surface area contributed by atoms with Crippen molar-refractivity contribution in [1.29, 1.82) is 0 Å². The molecular weight excluding hydrogens is 340 g/mol. The predicted octanol–water partition coefficient (Wildman–Crippen LogP) is 2.78. The fourth-order valence-corrected chi connectivity index (χ4v) is 4.14. The van der Waals surface area contributed by atoms with E-state index in [4.69, 9.17) is 5.73 Å². The lowest BCUT2D eigenvalue weighted by Crippen LogP contribution is -2.29. The molecule has 0 bridgehead atoms. The molecule has 4 nitrogen and oxygen atoms in total. The first-order valence-electron chi connectivity index (χ1n) is 6.15. The Balaban J connectivity index is 2.05. The molecule has 2 N–H and O–H groups in total.